The van der Waals surface area contributed by atoms with Gasteiger partial charge in [0.15, 0.2) is 0 Å². The maximum Gasteiger partial charge on any atom is 0.305 e. The number of esters is 1. The number of rotatable bonds is 6. The molecule has 0 aromatic carbocycles. The van der Waals surface area contributed by atoms with Crippen LogP contribution in [0.2, 0.25) is 0 Å². The van der Waals surface area contributed by atoms with Crippen LogP contribution in [0.5, 0.6) is 0 Å². The molecule has 1 heterocycles. The van der Waals surface area contributed by atoms with Crippen molar-refractivity contribution in [2.24, 2.45) is 0 Å². The minimum Gasteiger partial charge on any atom is -0.469 e. The Morgan fingerprint density at radius 1 is 1.37 bits per heavy atom. The highest BCUT2D eigenvalue weighted by atomic mass is 16.5. The van der Waals surface area contributed by atoms with Crippen LogP contribution in [0.15, 0.2) is 4.42 Å². The highest BCUT2D eigenvalue weighted by Gasteiger charge is 2.21. The monoisotopic (exact) mass is 269 g/mol. The second-order valence-corrected chi connectivity index (χ2v) is 5.67. The van der Waals surface area contributed by atoms with Gasteiger partial charge in [-0.05, 0) is 20.0 Å². The number of nitrogens with zero attached hydrogens (tertiary/aromatic N) is 3. The Morgan fingerprint density at radius 3 is 2.58 bits per heavy atom. The molecule has 6 nitrogen and oxygen atoms in total. The predicted molar refractivity (Wildman–Crippen MR) is 70.6 cm³/mol. The number of hydrogen-bond donors (Lipinski definition) is 0. The maximum atomic E-state index is 11.0. The fourth-order valence-corrected chi connectivity index (χ4v) is 1.53. The minimum absolute atomic E-state index is 0.130. The lowest BCUT2D eigenvalue weighted by molar-refractivity contribution is -0.140. The van der Waals surface area contributed by atoms with Crippen molar-refractivity contribution in [1.82, 2.24) is 15.1 Å². The fraction of sp³-hybridized carbons (Fsp3) is 0.769. The zero-order valence-electron chi connectivity index (χ0n) is 12.4. The molecule has 0 radical (unpaired) electrons. The first-order valence-corrected chi connectivity index (χ1v) is 6.41. The van der Waals surface area contributed by atoms with Crippen LogP contribution in [0.25, 0.3) is 0 Å². The van der Waals surface area contributed by atoms with Crippen LogP contribution in [0.4, 0.5) is 0 Å². The highest BCUT2D eigenvalue weighted by Crippen LogP contribution is 2.20. The molecule has 1 rings (SSSR count). The highest BCUT2D eigenvalue weighted by molar-refractivity contribution is 5.69. The number of hydrogen-bond acceptors (Lipinski definition) is 6. The maximum absolute atomic E-state index is 11.0. The molecule has 0 atom stereocenters. The van der Waals surface area contributed by atoms with E-state index in [1.54, 1.807) is 0 Å². The average Bonchev–Trinajstić information content (AvgIpc) is 2.77. The fourth-order valence-electron chi connectivity index (χ4n) is 1.53. The van der Waals surface area contributed by atoms with Gasteiger partial charge >= 0.3 is 5.97 Å². The van der Waals surface area contributed by atoms with E-state index in [2.05, 4.69) is 14.9 Å². The molecule has 0 unspecified atom stereocenters. The van der Waals surface area contributed by atoms with Crippen molar-refractivity contribution in [1.29, 1.82) is 0 Å². The Bertz CT molecular complexity index is 410. The standard InChI is InChI=1S/C13H23N3O3/c1-13(2,3)12-15-14-10(19-12)9-16(4)8-6-7-11(17)18-5/h6-9H2,1-5H3. The minimum atomic E-state index is -0.179. The predicted octanol–water partition coefficient (Wildman–Crippen LogP) is 1.75. The molecule has 0 amide bonds. The molecule has 0 N–H and O–H groups in total. The Balaban J connectivity index is 2.38. The van der Waals surface area contributed by atoms with E-state index in [9.17, 15) is 4.79 Å². The van der Waals surface area contributed by atoms with Crippen LogP contribution < -0.4 is 0 Å². The van der Waals surface area contributed by atoms with Gasteiger partial charge < -0.3 is 9.15 Å². The summed E-state index contributed by atoms with van der Waals surface area (Å²) in [6, 6.07) is 0. The van der Waals surface area contributed by atoms with Gasteiger partial charge in [-0.25, -0.2) is 0 Å². The molecular formula is C13H23N3O3. The Labute approximate surface area is 114 Å². The molecule has 0 saturated heterocycles. The van der Waals surface area contributed by atoms with Gasteiger partial charge in [0.05, 0.1) is 13.7 Å². The first-order chi connectivity index (χ1) is 8.82. The first kappa shape index (κ1) is 15.6. The topological polar surface area (TPSA) is 68.5 Å². The normalized spacial score (nSPS) is 11.9. The van der Waals surface area contributed by atoms with Crippen molar-refractivity contribution in [3.05, 3.63) is 11.8 Å². The largest absolute Gasteiger partial charge is 0.469 e. The summed E-state index contributed by atoms with van der Waals surface area (Å²) in [6.45, 7) is 7.46. The number of ether oxygens (including phenoxy) is 1. The van der Waals surface area contributed by atoms with Crippen molar-refractivity contribution in [3.8, 4) is 0 Å². The molecule has 19 heavy (non-hydrogen) atoms. The van der Waals surface area contributed by atoms with Gasteiger partial charge in [-0.3, -0.25) is 9.69 Å². The van der Waals surface area contributed by atoms with Crippen molar-refractivity contribution in [2.45, 2.75) is 45.6 Å². The van der Waals surface area contributed by atoms with Gasteiger partial charge in [-0.1, -0.05) is 20.8 Å². The van der Waals surface area contributed by atoms with Crippen LogP contribution in [0.3, 0.4) is 0 Å². The average molecular weight is 269 g/mol. The number of carbonyl (C=O) groups excluding carboxylic acids is 1. The van der Waals surface area contributed by atoms with E-state index in [0.29, 0.717) is 24.7 Å². The molecule has 6 heteroatoms. The zero-order chi connectivity index (χ0) is 14.5. The molecule has 1 aromatic rings. The van der Waals surface area contributed by atoms with Crippen LogP contribution in [-0.2, 0) is 21.5 Å². The third kappa shape index (κ3) is 5.38. The third-order valence-electron chi connectivity index (χ3n) is 2.66. The lowest BCUT2D eigenvalue weighted by Gasteiger charge is -2.14. The summed E-state index contributed by atoms with van der Waals surface area (Å²) in [5, 5.41) is 8.08. The summed E-state index contributed by atoms with van der Waals surface area (Å²) in [7, 11) is 3.36. The summed E-state index contributed by atoms with van der Waals surface area (Å²) < 4.78 is 10.2. The van der Waals surface area contributed by atoms with E-state index >= 15 is 0 Å². The van der Waals surface area contributed by atoms with E-state index < -0.39 is 0 Å². The molecule has 108 valence electrons. The van der Waals surface area contributed by atoms with Crippen LogP contribution in [-0.4, -0.2) is 41.8 Å². The van der Waals surface area contributed by atoms with E-state index in [0.717, 1.165) is 13.0 Å². The first-order valence-electron chi connectivity index (χ1n) is 6.41. The Hall–Kier alpha value is -1.43. The summed E-state index contributed by atoms with van der Waals surface area (Å²) in [4.78, 5) is 13.0. The molecule has 0 aliphatic heterocycles. The SMILES string of the molecule is COC(=O)CCCN(C)Cc1nnc(C(C)(C)C)o1. The number of carbonyl (C=O) groups is 1. The smallest absolute Gasteiger partial charge is 0.305 e. The second-order valence-electron chi connectivity index (χ2n) is 5.67. The van der Waals surface area contributed by atoms with Gasteiger partial charge in [0.25, 0.3) is 0 Å². The summed E-state index contributed by atoms with van der Waals surface area (Å²) in [6.07, 6.45) is 1.18. The molecule has 1 aromatic heterocycles. The number of aromatic nitrogens is 2. The zero-order valence-corrected chi connectivity index (χ0v) is 12.4. The van der Waals surface area contributed by atoms with Crippen molar-refractivity contribution >= 4 is 5.97 Å². The third-order valence-corrected chi connectivity index (χ3v) is 2.66. The summed E-state index contributed by atoms with van der Waals surface area (Å²) in [5.74, 6) is 1.07. The van der Waals surface area contributed by atoms with Crippen molar-refractivity contribution < 1.29 is 13.9 Å². The van der Waals surface area contributed by atoms with Crippen molar-refractivity contribution in [2.75, 3.05) is 20.7 Å². The van der Waals surface area contributed by atoms with Crippen LogP contribution >= 0.6 is 0 Å². The molecule has 0 spiro atoms. The van der Waals surface area contributed by atoms with E-state index in [-0.39, 0.29) is 11.4 Å². The molecule has 0 saturated carbocycles. The lowest BCUT2D eigenvalue weighted by atomic mass is 9.97. The summed E-state index contributed by atoms with van der Waals surface area (Å²) >= 11 is 0. The van der Waals surface area contributed by atoms with Crippen LogP contribution in [0.1, 0.15) is 45.4 Å². The van der Waals surface area contributed by atoms with Gasteiger partial charge in [-0.2, -0.15) is 0 Å². The molecule has 0 aliphatic rings. The van der Waals surface area contributed by atoms with Gasteiger partial charge in [0.2, 0.25) is 11.8 Å². The lowest BCUT2D eigenvalue weighted by Crippen LogP contribution is -2.20. The molecule has 0 aliphatic carbocycles. The van der Waals surface area contributed by atoms with E-state index in [1.165, 1.54) is 7.11 Å². The summed E-state index contributed by atoms with van der Waals surface area (Å²) in [5.41, 5.74) is -0.130. The Morgan fingerprint density at radius 2 is 2.05 bits per heavy atom. The van der Waals surface area contributed by atoms with Gasteiger partial charge in [-0.15, -0.1) is 10.2 Å². The molecular weight excluding hydrogens is 246 g/mol. The van der Waals surface area contributed by atoms with Gasteiger partial charge in [0, 0.05) is 11.8 Å². The van der Waals surface area contributed by atoms with Crippen molar-refractivity contribution in [3.63, 3.8) is 0 Å². The Kier molecular flexibility index (Phi) is 5.47. The molecule has 0 fully saturated rings. The second kappa shape index (κ2) is 6.65. The van der Waals surface area contributed by atoms with Crippen LogP contribution in [0, 0.1) is 0 Å². The molecule has 0 bridgehead atoms. The van der Waals surface area contributed by atoms with E-state index in [1.807, 2.05) is 32.7 Å². The van der Waals surface area contributed by atoms with E-state index in [4.69, 9.17) is 4.42 Å². The van der Waals surface area contributed by atoms with Gasteiger partial charge in [0.1, 0.15) is 0 Å². The number of methoxy groups -OCH3 is 1. The quantitative estimate of drug-likeness (QED) is 0.733.